The summed E-state index contributed by atoms with van der Waals surface area (Å²) in [5.41, 5.74) is -0.855. The number of amides is 1. The maximum atomic E-state index is 10.5. The lowest BCUT2D eigenvalue weighted by molar-refractivity contribution is -0.116. The van der Waals surface area contributed by atoms with Gasteiger partial charge in [0.25, 0.3) is 5.91 Å². The normalized spacial score (nSPS) is 14.7. The molecule has 0 aliphatic rings. The minimum Gasteiger partial charge on any atom is -0.388 e. The number of hydrogen-bond donors (Lipinski definition) is 2. The molecule has 3 heteroatoms. The average molecular weight is 155 g/mol. The molecule has 0 saturated carbocycles. The molecule has 1 atom stereocenters. The lowest BCUT2D eigenvalue weighted by atomic mass is 10.0. The number of nitrogens with one attached hydrogen (secondary N) is 1. The van der Waals surface area contributed by atoms with E-state index in [4.69, 9.17) is 6.42 Å². The molecule has 0 radical (unpaired) electrons. The molecule has 0 saturated heterocycles. The Balaban J connectivity index is 3.72. The molecule has 0 rings (SSSR count). The van der Waals surface area contributed by atoms with Crippen molar-refractivity contribution in [1.82, 2.24) is 5.32 Å². The number of carbonyl (C=O) groups excluding carboxylic acids is 1. The molecule has 0 bridgehead atoms. The van der Waals surface area contributed by atoms with E-state index in [0.717, 1.165) is 0 Å². The van der Waals surface area contributed by atoms with Crippen molar-refractivity contribution in [3.63, 3.8) is 0 Å². The first-order valence-corrected chi connectivity index (χ1v) is 3.48. The first-order valence-electron chi connectivity index (χ1n) is 3.48. The van der Waals surface area contributed by atoms with E-state index in [-0.39, 0.29) is 6.54 Å². The second-order valence-electron chi connectivity index (χ2n) is 2.68. The van der Waals surface area contributed by atoms with Crippen LogP contribution >= 0.6 is 0 Å². The van der Waals surface area contributed by atoms with Gasteiger partial charge >= 0.3 is 0 Å². The molecule has 1 unspecified atom stereocenters. The van der Waals surface area contributed by atoms with E-state index >= 15 is 0 Å². The van der Waals surface area contributed by atoms with Crippen LogP contribution in [0.3, 0.4) is 0 Å². The molecule has 0 aromatic rings. The van der Waals surface area contributed by atoms with Crippen molar-refractivity contribution in [3.05, 3.63) is 0 Å². The first kappa shape index (κ1) is 9.99. The fraction of sp³-hybridized carbons (Fsp3) is 0.625. The van der Waals surface area contributed by atoms with Gasteiger partial charge in [0.15, 0.2) is 0 Å². The van der Waals surface area contributed by atoms with Gasteiger partial charge in [0.1, 0.15) is 0 Å². The fourth-order valence-electron chi connectivity index (χ4n) is 0.447. The molecule has 2 N–H and O–H groups in total. The van der Waals surface area contributed by atoms with Crippen LogP contribution in [0, 0.1) is 12.3 Å². The van der Waals surface area contributed by atoms with Crippen LogP contribution in [0.25, 0.3) is 0 Å². The van der Waals surface area contributed by atoms with Gasteiger partial charge < -0.3 is 10.4 Å². The van der Waals surface area contributed by atoms with Gasteiger partial charge in [0.05, 0.1) is 5.60 Å². The molecule has 11 heavy (non-hydrogen) atoms. The molecule has 0 aliphatic heterocycles. The third-order valence-corrected chi connectivity index (χ3v) is 1.52. The smallest absolute Gasteiger partial charge is 0.295 e. The van der Waals surface area contributed by atoms with Crippen LogP contribution in [-0.2, 0) is 4.79 Å². The Bertz CT molecular complexity index is 179. The summed E-state index contributed by atoms with van der Waals surface area (Å²) < 4.78 is 0. The van der Waals surface area contributed by atoms with Crippen LogP contribution in [0.5, 0.6) is 0 Å². The second kappa shape index (κ2) is 3.99. The molecule has 0 aromatic heterocycles. The molecule has 62 valence electrons. The zero-order valence-corrected chi connectivity index (χ0v) is 6.85. The minimum absolute atomic E-state index is 0.201. The second-order valence-corrected chi connectivity index (χ2v) is 2.68. The highest BCUT2D eigenvalue weighted by Crippen LogP contribution is 2.05. The van der Waals surface area contributed by atoms with E-state index in [9.17, 15) is 9.90 Å². The minimum atomic E-state index is -0.855. The summed E-state index contributed by atoms with van der Waals surface area (Å²) in [4.78, 5) is 10.5. The number of aliphatic hydroxyl groups is 1. The monoisotopic (exact) mass is 155 g/mol. The number of rotatable bonds is 3. The van der Waals surface area contributed by atoms with Crippen molar-refractivity contribution in [1.29, 1.82) is 0 Å². The summed E-state index contributed by atoms with van der Waals surface area (Å²) in [5, 5.41) is 11.8. The number of hydrogen-bond acceptors (Lipinski definition) is 2. The van der Waals surface area contributed by atoms with Crippen LogP contribution in [0.1, 0.15) is 20.3 Å². The van der Waals surface area contributed by atoms with Crippen molar-refractivity contribution >= 4 is 5.91 Å². The van der Waals surface area contributed by atoms with E-state index in [0.29, 0.717) is 6.42 Å². The standard InChI is InChI=1S/C8H13NO2/c1-4-7(10)9-6-8(3,11)5-2/h1,11H,5-6H2,2-3H3,(H,9,10). The summed E-state index contributed by atoms with van der Waals surface area (Å²) in [5.74, 6) is 1.41. The third kappa shape index (κ3) is 4.40. The Morgan fingerprint density at radius 1 is 1.82 bits per heavy atom. The first-order chi connectivity index (χ1) is 5.02. The van der Waals surface area contributed by atoms with Crippen molar-refractivity contribution in [3.8, 4) is 12.3 Å². The van der Waals surface area contributed by atoms with Gasteiger partial charge in [-0.25, -0.2) is 0 Å². The quantitative estimate of drug-likeness (QED) is 0.559. The van der Waals surface area contributed by atoms with Gasteiger partial charge in [-0.05, 0) is 19.3 Å². The molecule has 1 amide bonds. The van der Waals surface area contributed by atoms with Crippen LogP contribution in [0.2, 0.25) is 0 Å². The van der Waals surface area contributed by atoms with Crippen LogP contribution in [0.4, 0.5) is 0 Å². The Morgan fingerprint density at radius 2 is 2.36 bits per heavy atom. The zero-order valence-electron chi connectivity index (χ0n) is 6.85. The Kier molecular flexibility index (Phi) is 3.63. The molecule has 0 aromatic carbocycles. The summed E-state index contributed by atoms with van der Waals surface area (Å²) >= 11 is 0. The Hall–Kier alpha value is -1.01. The van der Waals surface area contributed by atoms with Gasteiger partial charge in [0.2, 0.25) is 0 Å². The zero-order chi connectivity index (χ0) is 8.91. The average Bonchev–Trinajstić information content (AvgIpc) is 2.00. The highest BCUT2D eigenvalue weighted by atomic mass is 16.3. The van der Waals surface area contributed by atoms with Gasteiger partial charge in [-0.15, -0.1) is 6.42 Å². The number of terminal acetylenes is 1. The summed E-state index contributed by atoms with van der Waals surface area (Å²) in [6.45, 7) is 3.68. The fourth-order valence-corrected chi connectivity index (χ4v) is 0.447. The third-order valence-electron chi connectivity index (χ3n) is 1.52. The van der Waals surface area contributed by atoms with Crippen molar-refractivity contribution in [2.45, 2.75) is 25.9 Å². The summed E-state index contributed by atoms with van der Waals surface area (Å²) in [6.07, 6.45) is 5.38. The van der Waals surface area contributed by atoms with Gasteiger partial charge in [-0.3, -0.25) is 4.79 Å². The largest absolute Gasteiger partial charge is 0.388 e. The Labute approximate surface area is 66.8 Å². The number of carbonyl (C=O) groups is 1. The van der Waals surface area contributed by atoms with Gasteiger partial charge in [0, 0.05) is 6.54 Å². The SMILES string of the molecule is C#CC(=O)NCC(C)(O)CC. The maximum Gasteiger partial charge on any atom is 0.295 e. The highest BCUT2D eigenvalue weighted by Gasteiger charge is 2.17. The van der Waals surface area contributed by atoms with Crippen molar-refractivity contribution in [2.24, 2.45) is 0 Å². The Morgan fingerprint density at radius 3 is 2.73 bits per heavy atom. The van der Waals surface area contributed by atoms with Gasteiger partial charge in [-0.1, -0.05) is 6.92 Å². The van der Waals surface area contributed by atoms with E-state index < -0.39 is 11.5 Å². The summed E-state index contributed by atoms with van der Waals surface area (Å²) in [6, 6.07) is 0. The summed E-state index contributed by atoms with van der Waals surface area (Å²) in [7, 11) is 0. The molecular formula is C8H13NO2. The van der Waals surface area contributed by atoms with Crippen molar-refractivity contribution < 1.29 is 9.90 Å². The molecule has 3 nitrogen and oxygen atoms in total. The van der Waals surface area contributed by atoms with Crippen molar-refractivity contribution in [2.75, 3.05) is 6.54 Å². The van der Waals surface area contributed by atoms with Crippen LogP contribution < -0.4 is 5.32 Å². The molecule has 0 spiro atoms. The van der Waals surface area contributed by atoms with Gasteiger partial charge in [-0.2, -0.15) is 0 Å². The highest BCUT2D eigenvalue weighted by molar-refractivity contribution is 5.92. The predicted molar refractivity (Wildman–Crippen MR) is 42.8 cm³/mol. The lowest BCUT2D eigenvalue weighted by Crippen LogP contribution is -2.39. The van der Waals surface area contributed by atoms with Crippen LogP contribution in [-0.4, -0.2) is 23.2 Å². The molecule has 0 fully saturated rings. The molecule has 0 heterocycles. The predicted octanol–water partition coefficient (Wildman–Crippen LogP) is -0.103. The molecule has 0 aliphatic carbocycles. The van der Waals surface area contributed by atoms with E-state index in [1.807, 2.05) is 12.8 Å². The van der Waals surface area contributed by atoms with Crippen LogP contribution in [0.15, 0.2) is 0 Å². The maximum absolute atomic E-state index is 10.5. The lowest BCUT2D eigenvalue weighted by Gasteiger charge is -2.20. The van der Waals surface area contributed by atoms with E-state index in [1.54, 1.807) is 6.92 Å². The molecular weight excluding hydrogens is 142 g/mol. The van der Waals surface area contributed by atoms with E-state index in [2.05, 4.69) is 5.32 Å². The topological polar surface area (TPSA) is 49.3 Å². The van der Waals surface area contributed by atoms with E-state index in [1.165, 1.54) is 0 Å².